The number of aliphatic hydroxyl groups excluding tert-OH is 1. The molecule has 15 heavy (non-hydrogen) atoms. The summed E-state index contributed by atoms with van der Waals surface area (Å²) in [4.78, 5) is 10.2. The van der Waals surface area contributed by atoms with Gasteiger partial charge in [0.05, 0.1) is 4.75 Å². The Kier molecular flexibility index (Phi) is 4.69. The molecule has 0 fully saturated rings. The monoisotopic (exact) mass is 239 g/mol. The standard InChI is InChI=1S/C8H17NO5S/c1-8(2,3)15(13,14)9-5-4-6(10)7(11)12/h6,9-10H,4-5H2,1-3H3,(H,11,12)/t6-/m0/s1. The van der Waals surface area contributed by atoms with Crippen molar-refractivity contribution < 1.29 is 23.4 Å². The Balaban J connectivity index is 4.14. The minimum Gasteiger partial charge on any atom is -0.479 e. The van der Waals surface area contributed by atoms with Gasteiger partial charge in [0.15, 0.2) is 6.10 Å². The molecule has 0 saturated heterocycles. The fourth-order valence-corrected chi connectivity index (χ4v) is 1.49. The van der Waals surface area contributed by atoms with Crippen molar-refractivity contribution in [3.8, 4) is 0 Å². The molecule has 90 valence electrons. The SMILES string of the molecule is CC(C)(C)S(=O)(=O)NCC[C@H](O)C(=O)O. The van der Waals surface area contributed by atoms with Crippen molar-refractivity contribution in [2.24, 2.45) is 0 Å². The van der Waals surface area contributed by atoms with Gasteiger partial charge >= 0.3 is 5.97 Å². The van der Waals surface area contributed by atoms with Crippen LogP contribution in [0.15, 0.2) is 0 Å². The van der Waals surface area contributed by atoms with E-state index in [1.807, 2.05) is 0 Å². The van der Waals surface area contributed by atoms with Gasteiger partial charge in [0.25, 0.3) is 0 Å². The summed E-state index contributed by atoms with van der Waals surface area (Å²) in [6.45, 7) is 4.50. The van der Waals surface area contributed by atoms with E-state index in [0.717, 1.165) is 0 Å². The third-order valence-electron chi connectivity index (χ3n) is 1.80. The van der Waals surface area contributed by atoms with Gasteiger partial charge in [-0.15, -0.1) is 0 Å². The number of carboxylic acid groups (broad SMARTS) is 1. The molecule has 0 rings (SSSR count). The summed E-state index contributed by atoms with van der Waals surface area (Å²) in [5.41, 5.74) is 0. The van der Waals surface area contributed by atoms with Crippen LogP contribution < -0.4 is 4.72 Å². The Labute approximate surface area is 89.4 Å². The lowest BCUT2D eigenvalue weighted by atomic mass is 10.3. The molecule has 1 atom stereocenters. The highest BCUT2D eigenvalue weighted by Gasteiger charge is 2.28. The summed E-state index contributed by atoms with van der Waals surface area (Å²) in [5, 5.41) is 17.2. The number of carbonyl (C=O) groups is 1. The van der Waals surface area contributed by atoms with Gasteiger partial charge in [-0.2, -0.15) is 0 Å². The number of rotatable bonds is 5. The molecule has 0 heterocycles. The predicted octanol–water partition coefficient (Wildman–Crippen LogP) is -0.460. The summed E-state index contributed by atoms with van der Waals surface area (Å²) in [6.07, 6.45) is -1.68. The van der Waals surface area contributed by atoms with Crippen LogP contribution in [0, 0.1) is 0 Å². The minimum absolute atomic E-state index is 0.0902. The Bertz CT molecular complexity index is 316. The molecular formula is C8H17NO5S. The maximum Gasteiger partial charge on any atom is 0.332 e. The molecule has 0 aliphatic carbocycles. The molecule has 0 amide bonds. The number of nitrogens with one attached hydrogen (secondary N) is 1. The Hall–Kier alpha value is -0.660. The second-order valence-electron chi connectivity index (χ2n) is 4.15. The highest BCUT2D eigenvalue weighted by atomic mass is 32.2. The maximum atomic E-state index is 11.5. The average molecular weight is 239 g/mol. The second kappa shape index (κ2) is 4.91. The van der Waals surface area contributed by atoms with Crippen molar-refractivity contribution in [3.05, 3.63) is 0 Å². The zero-order valence-corrected chi connectivity index (χ0v) is 9.84. The van der Waals surface area contributed by atoms with E-state index in [2.05, 4.69) is 4.72 Å². The Morgan fingerprint density at radius 3 is 2.20 bits per heavy atom. The zero-order valence-electron chi connectivity index (χ0n) is 9.02. The van der Waals surface area contributed by atoms with Gasteiger partial charge in [0, 0.05) is 6.54 Å². The summed E-state index contributed by atoms with van der Waals surface area (Å²) < 4.78 is 24.2. The first-order chi connectivity index (χ1) is 6.58. The molecule has 0 aliphatic heterocycles. The number of hydrogen-bond acceptors (Lipinski definition) is 4. The van der Waals surface area contributed by atoms with E-state index in [9.17, 15) is 13.2 Å². The summed E-state index contributed by atoms with van der Waals surface area (Å²) in [7, 11) is -3.47. The number of sulfonamides is 1. The molecule has 0 aromatic rings. The van der Waals surface area contributed by atoms with Crippen molar-refractivity contribution in [2.75, 3.05) is 6.54 Å². The van der Waals surface area contributed by atoms with Gasteiger partial charge in [0.2, 0.25) is 10.0 Å². The summed E-state index contributed by atoms with van der Waals surface area (Å²) in [6, 6.07) is 0. The third-order valence-corrected chi connectivity index (χ3v) is 4.00. The molecular weight excluding hydrogens is 222 g/mol. The lowest BCUT2D eigenvalue weighted by molar-refractivity contribution is -0.146. The molecule has 0 aromatic heterocycles. The van der Waals surface area contributed by atoms with E-state index in [1.54, 1.807) is 0 Å². The fraction of sp³-hybridized carbons (Fsp3) is 0.875. The summed E-state index contributed by atoms with van der Waals surface area (Å²) >= 11 is 0. The lowest BCUT2D eigenvalue weighted by Crippen LogP contribution is -2.40. The van der Waals surface area contributed by atoms with Crippen LogP contribution in [0.4, 0.5) is 0 Å². The van der Waals surface area contributed by atoms with Crippen LogP contribution in [0.1, 0.15) is 27.2 Å². The minimum atomic E-state index is -3.47. The van der Waals surface area contributed by atoms with E-state index in [0.29, 0.717) is 0 Å². The average Bonchev–Trinajstić information content (AvgIpc) is 2.01. The molecule has 0 radical (unpaired) electrons. The normalized spacial score (nSPS) is 14.9. The van der Waals surface area contributed by atoms with Gasteiger partial charge in [-0.05, 0) is 27.2 Å². The quantitative estimate of drug-likeness (QED) is 0.602. The first-order valence-corrected chi connectivity index (χ1v) is 5.96. The first-order valence-electron chi connectivity index (χ1n) is 4.48. The van der Waals surface area contributed by atoms with Gasteiger partial charge in [-0.25, -0.2) is 17.9 Å². The van der Waals surface area contributed by atoms with E-state index in [-0.39, 0.29) is 13.0 Å². The van der Waals surface area contributed by atoms with Crippen LogP contribution in [0.3, 0.4) is 0 Å². The number of hydrogen-bond donors (Lipinski definition) is 3. The predicted molar refractivity (Wildman–Crippen MR) is 54.9 cm³/mol. The molecule has 0 unspecified atom stereocenters. The molecule has 7 heteroatoms. The molecule has 6 nitrogen and oxygen atoms in total. The molecule has 3 N–H and O–H groups in total. The van der Waals surface area contributed by atoms with E-state index in [4.69, 9.17) is 10.2 Å². The first kappa shape index (κ1) is 14.3. The van der Waals surface area contributed by atoms with Crippen molar-refractivity contribution >= 4 is 16.0 Å². The van der Waals surface area contributed by atoms with Gasteiger partial charge in [-0.3, -0.25) is 0 Å². The number of aliphatic hydroxyl groups is 1. The number of carboxylic acids is 1. The third kappa shape index (κ3) is 4.59. The highest BCUT2D eigenvalue weighted by Crippen LogP contribution is 2.12. The van der Waals surface area contributed by atoms with Gasteiger partial charge in [0.1, 0.15) is 0 Å². The maximum absolute atomic E-state index is 11.5. The summed E-state index contributed by atoms with van der Waals surface area (Å²) in [5.74, 6) is -1.36. The Morgan fingerprint density at radius 2 is 1.87 bits per heavy atom. The largest absolute Gasteiger partial charge is 0.479 e. The van der Waals surface area contributed by atoms with Crippen LogP contribution >= 0.6 is 0 Å². The van der Waals surface area contributed by atoms with Gasteiger partial charge < -0.3 is 10.2 Å². The lowest BCUT2D eigenvalue weighted by Gasteiger charge is -2.19. The molecule has 0 spiro atoms. The molecule has 0 aliphatic rings. The highest BCUT2D eigenvalue weighted by molar-refractivity contribution is 7.90. The fourth-order valence-electron chi connectivity index (χ4n) is 0.670. The second-order valence-corrected chi connectivity index (χ2v) is 6.67. The zero-order chi connectivity index (χ0) is 12.3. The van der Waals surface area contributed by atoms with Crippen molar-refractivity contribution in [1.82, 2.24) is 4.72 Å². The molecule has 0 saturated carbocycles. The van der Waals surface area contributed by atoms with Gasteiger partial charge in [-0.1, -0.05) is 0 Å². The van der Waals surface area contributed by atoms with Crippen molar-refractivity contribution in [2.45, 2.75) is 38.0 Å². The van der Waals surface area contributed by atoms with Crippen LogP contribution in [0.25, 0.3) is 0 Å². The van der Waals surface area contributed by atoms with Crippen LogP contribution in [0.5, 0.6) is 0 Å². The van der Waals surface area contributed by atoms with Crippen LogP contribution in [-0.2, 0) is 14.8 Å². The molecule has 0 aromatic carbocycles. The number of aliphatic carboxylic acids is 1. The smallest absolute Gasteiger partial charge is 0.332 e. The van der Waals surface area contributed by atoms with Crippen molar-refractivity contribution in [1.29, 1.82) is 0 Å². The van der Waals surface area contributed by atoms with E-state index >= 15 is 0 Å². The topological polar surface area (TPSA) is 104 Å². The van der Waals surface area contributed by atoms with Crippen LogP contribution in [-0.4, -0.2) is 42.0 Å². The van der Waals surface area contributed by atoms with E-state index < -0.39 is 26.8 Å². The van der Waals surface area contributed by atoms with Crippen molar-refractivity contribution in [3.63, 3.8) is 0 Å². The molecule has 0 bridgehead atoms. The van der Waals surface area contributed by atoms with Crippen LogP contribution in [0.2, 0.25) is 0 Å². The van der Waals surface area contributed by atoms with E-state index in [1.165, 1.54) is 20.8 Å². The Morgan fingerprint density at radius 1 is 1.40 bits per heavy atom.